The number of anilines is 1. The number of amides is 1. The Balaban J connectivity index is 1.64. The summed E-state index contributed by atoms with van der Waals surface area (Å²) < 4.78 is 0. The van der Waals surface area contributed by atoms with Crippen molar-refractivity contribution in [1.82, 2.24) is 9.88 Å². The first kappa shape index (κ1) is 15.3. The summed E-state index contributed by atoms with van der Waals surface area (Å²) in [4.78, 5) is 31.0. The lowest BCUT2D eigenvalue weighted by molar-refractivity contribution is -0.141. The first-order valence-corrected chi connectivity index (χ1v) is 7.72. The van der Waals surface area contributed by atoms with Crippen molar-refractivity contribution in [3.05, 3.63) is 24.0 Å². The third kappa shape index (κ3) is 2.97. The fourth-order valence-corrected chi connectivity index (χ4v) is 3.41. The molecule has 1 aromatic heterocycles. The normalized spacial score (nSPS) is 22.2. The fourth-order valence-electron chi connectivity index (χ4n) is 3.41. The fraction of sp³-hybridized carbons (Fsp3) is 0.500. The number of carboxylic acids is 1. The van der Waals surface area contributed by atoms with Crippen molar-refractivity contribution < 1.29 is 14.7 Å². The van der Waals surface area contributed by atoms with Gasteiger partial charge >= 0.3 is 5.97 Å². The molecule has 1 unspecified atom stereocenters. The van der Waals surface area contributed by atoms with Gasteiger partial charge in [0.05, 0.1) is 11.6 Å². The molecule has 7 heteroatoms. The molecule has 0 saturated carbocycles. The number of aromatic nitrogens is 1. The Kier molecular flexibility index (Phi) is 4.15. The second-order valence-corrected chi connectivity index (χ2v) is 5.99. The predicted octanol–water partition coefficient (Wildman–Crippen LogP) is 0.855. The van der Waals surface area contributed by atoms with E-state index in [-0.39, 0.29) is 18.4 Å². The maximum atomic E-state index is 12.0. The molecule has 0 bridgehead atoms. The molecule has 2 aliphatic rings. The summed E-state index contributed by atoms with van der Waals surface area (Å²) in [5, 5.41) is 18.2. The highest BCUT2D eigenvalue weighted by molar-refractivity contribution is 5.86. The van der Waals surface area contributed by atoms with Crippen molar-refractivity contribution in [3.8, 4) is 6.07 Å². The Morgan fingerprint density at radius 1 is 1.39 bits per heavy atom. The lowest BCUT2D eigenvalue weighted by Gasteiger charge is -2.38. The third-order valence-electron chi connectivity index (χ3n) is 4.65. The van der Waals surface area contributed by atoms with E-state index in [4.69, 9.17) is 10.4 Å². The Hall–Kier alpha value is -2.62. The molecule has 2 aliphatic heterocycles. The van der Waals surface area contributed by atoms with Gasteiger partial charge in [0.15, 0.2) is 5.69 Å². The Morgan fingerprint density at radius 2 is 2.13 bits per heavy atom. The highest BCUT2D eigenvalue weighted by Gasteiger charge is 2.38. The van der Waals surface area contributed by atoms with Gasteiger partial charge in [-0.05, 0) is 25.0 Å². The third-order valence-corrected chi connectivity index (χ3v) is 4.65. The molecule has 2 saturated heterocycles. The van der Waals surface area contributed by atoms with Gasteiger partial charge in [0.25, 0.3) is 0 Å². The molecule has 1 atom stereocenters. The Labute approximate surface area is 134 Å². The molecule has 0 aromatic carbocycles. The van der Waals surface area contributed by atoms with Crippen LogP contribution in [0.25, 0.3) is 0 Å². The quantitative estimate of drug-likeness (QED) is 0.888. The van der Waals surface area contributed by atoms with E-state index in [9.17, 15) is 9.59 Å². The van der Waals surface area contributed by atoms with Crippen LogP contribution in [-0.2, 0) is 9.59 Å². The average molecular weight is 314 g/mol. The maximum Gasteiger partial charge on any atom is 0.308 e. The van der Waals surface area contributed by atoms with E-state index in [1.165, 1.54) is 0 Å². The molecule has 3 heterocycles. The molecule has 1 N–H and O–H groups in total. The zero-order valence-electron chi connectivity index (χ0n) is 12.7. The van der Waals surface area contributed by atoms with Gasteiger partial charge in [0.2, 0.25) is 5.91 Å². The van der Waals surface area contributed by atoms with Gasteiger partial charge in [-0.3, -0.25) is 9.59 Å². The second-order valence-electron chi connectivity index (χ2n) is 5.99. The van der Waals surface area contributed by atoms with E-state index in [0.29, 0.717) is 12.2 Å². The standard InChI is InChI=1S/C16H18N4O3/c17-9-13-14(2-1-5-18-13)19-6-3-12(4-7-19)20-10-11(16(22)23)8-15(20)21/h1-2,5,11-12H,3-4,6-8,10H2,(H,22,23). The van der Waals surface area contributed by atoms with Crippen LogP contribution in [0.5, 0.6) is 0 Å². The summed E-state index contributed by atoms with van der Waals surface area (Å²) in [5.74, 6) is -1.54. The van der Waals surface area contributed by atoms with Gasteiger partial charge in [0.1, 0.15) is 6.07 Å². The molecule has 0 radical (unpaired) electrons. The van der Waals surface area contributed by atoms with Gasteiger partial charge in [-0.1, -0.05) is 0 Å². The molecule has 1 amide bonds. The number of aliphatic carboxylic acids is 1. The first-order chi connectivity index (χ1) is 11.1. The molecule has 3 rings (SSSR count). The molecule has 120 valence electrons. The summed E-state index contributed by atoms with van der Waals surface area (Å²) in [6.07, 6.45) is 3.26. The number of carbonyl (C=O) groups is 2. The minimum absolute atomic E-state index is 0.0602. The number of hydrogen-bond acceptors (Lipinski definition) is 5. The smallest absolute Gasteiger partial charge is 0.308 e. The molecular formula is C16H18N4O3. The molecular weight excluding hydrogens is 296 g/mol. The van der Waals surface area contributed by atoms with Gasteiger partial charge < -0.3 is 14.9 Å². The van der Waals surface area contributed by atoms with Crippen LogP contribution in [0.4, 0.5) is 5.69 Å². The molecule has 0 spiro atoms. The van der Waals surface area contributed by atoms with E-state index in [2.05, 4.69) is 16.0 Å². The summed E-state index contributed by atoms with van der Waals surface area (Å²) in [6, 6.07) is 5.88. The molecule has 23 heavy (non-hydrogen) atoms. The summed E-state index contributed by atoms with van der Waals surface area (Å²) >= 11 is 0. The molecule has 0 aliphatic carbocycles. The van der Waals surface area contributed by atoms with E-state index < -0.39 is 11.9 Å². The number of piperidine rings is 1. The van der Waals surface area contributed by atoms with Gasteiger partial charge in [-0.15, -0.1) is 0 Å². The van der Waals surface area contributed by atoms with E-state index in [1.54, 1.807) is 11.1 Å². The van der Waals surface area contributed by atoms with Crippen LogP contribution >= 0.6 is 0 Å². The molecule has 7 nitrogen and oxygen atoms in total. The van der Waals surface area contributed by atoms with Gasteiger partial charge in [-0.25, -0.2) is 4.98 Å². The molecule has 1 aromatic rings. The number of rotatable bonds is 3. The van der Waals surface area contributed by atoms with Gasteiger partial charge in [-0.2, -0.15) is 5.26 Å². The minimum atomic E-state index is -0.896. The topological polar surface area (TPSA) is 97.5 Å². The lowest BCUT2D eigenvalue weighted by Crippen LogP contribution is -2.46. The SMILES string of the molecule is N#Cc1ncccc1N1CCC(N2CC(C(=O)O)CC2=O)CC1. The van der Waals surface area contributed by atoms with Crippen molar-refractivity contribution >= 4 is 17.6 Å². The number of carbonyl (C=O) groups excluding carboxylic acids is 1. The minimum Gasteiger partial charge on any atom is -0.481 e. The zero-order chi connectivity index (χ0) is 16.4. The highest BCUT2D eigenvalue weighted by Crippen LogP contribution is 2.28. The zero-order valence-corrected chi connectivity index (χ0v) is 12.7. The number of likely N-dealkylation sites (tertiary alicyclic amines) is 1. The van der Waals surface area contributed by atoms with Crippen LogP contribution in [0.15, 0.2) is 18.3 Å². The van der Waals surface area contributed by atoms with E-state index >= 15 is 0 Å². The highest BCUT2D eigenvalue weighted by atomic mass is 16.4. The monoisotopic (exact) mass is 314 g/mol. The Morgan fingerprint density at radius 3 is 2.74 bits per heavy atom. The first-order valence-electron chi connectivity index (χ1n) is 7.72. The van der Waals surface area contributed by atoms with Crippen LogP contribution < -0.4 is 4.90 Å². The van der Waals surface area contributed by atoms with E-state index in [0.717, 1.165) is 31.6 Å². The van der Waals surface area contributed by atoms with Crippen LogP contribution in [0.2, 0.25) is 0 Å². The predicted molar refractivity (Wildman–Crippen MR) is 81.6 cm³/mol. The number of hydrogen-bond donors (Lipinski definition) is 1. The number of nitriles is 1. The van der Waals surface area contributed by atoms with Crippen LogP contribution in [0.3, 0.4) is 0 Å². The second kappa shape index (κ2) is 6.24. The largest absolute Gasteiger partial charge is 0.481 e. The lowest BCUT2D eigenvalue weighted by atomic mass is 10.0. The summed E-state index contributed by atoms with van der Waals surface area (Å²) in [6.45, 7) is 1.77. The van der Waals surface area contributed by atoms with Crippen molar-refractivity contribution in [2.45, 2.75) is 25.3 Å². The van der Waals surface area contributed by atoms with Crippen molar-refractivity contribution in [2.24, 2.45) is 5.92 Å². The number of carboxylic acid groups (broad SMARTS) is 1. The van der Waals surface area contributed by atoms with Crippen molar-refractivity contribution in [2.75, 3.05) is 24.5 Å². The van der Waals surface area contributed by atoms with Gasteiger partial charge in [0, 0.05) is 38.3 Å². The molecule has 2 fully saturated rings. The van der Waals surface area contributed by atoms with Crippen LogP contribution in [-0.4, -0.2) is 52.5 Å². The van der Waals surface area contributed by atoms with Crippen molar-refractivity contribution in [1.29, 1.82) is 5.26 Å². The maximum absolute atomic E-state index is 12.0. The number of pyridine rings is 1. The summed E-state index contributed by atoms with van der Waals surface area (Å²) in [7, 11) is 0. The van der Waals surface area contributed by atoms with Crippen LogP contribution in [0.1, 0.15) is 25.0 Å². The van der Waals surface area contributed by atoms with Crippen LogP contribution in [0, 0.1) is 17.2 Å². The Bertz CT molecular complexity index is 662. The summed E-state index contributed by atoms with van der Waals surface area (Å²) in [5.41, 5.74) is 1.23. The number of nitrogens with zero attached hydrogens (tertiary/aromatic N) is 4. The van der Waals surface area contributed by atoms with Crippen molar-refractivity contribution in [3.63, 3.8) is 0 Å². The van der Waals surface area contributed by atoms with E-state index in [1.807, 2.05) is 12.1 Å². The average Bonchev–Trinajstić information content (AvgIpc) is 2.97.